The molecule has 2 nitrogen and oxygen atoms in total. The first-order valence-corrected chi connectivity index (χ1v) is 5.33. The van der Waals surface area contributed by atoms with Crippen molar-refractivity contribution in [1.29, 1.82) is 0 Å². The van der Waals surface area contributed by atoms with Crippen LogP contribution in [0.3, 0.4) is 0 Å². The first kappa shape index (κ1) is 13.8. The lowest BCUT2D eigenvalue weighted by Crippen LogP contribution is -1.89. The van der Waals surface area contributed by atoms with E-state index in [4.69, 9.17) is 0 Å². The van der Waals surface area contributed by atoms with Crippen LogP contribution >= 0.6 is 0 Å². The fourth-order valence-electron chi connectivity index (χ4n) is 1.12. The molecule has 0 saturated heterocycles. The Labute approximate surface area is 92.1 Å². The fourth-order valence-corrected chi connectivity index (χ4v) is 1.12. The molecular formula is C13H20O2. The molecule has 0 heterocycles. The Morgan fingerprint density at radius 1 is 1.33 bits per heavy atom. The van der Waals surface area contributed by atoms with Gasteiger partial charge in [-0.05, 0) is 26.7 Å². The molecule has 0 aromatic rings. The zero-order valence-electron chi connectivity index (χ0n) is 9.82. The number of carbonyl (C=O) groups excluding carboxylic acids is 2. The van der Waals surface area contributed by atoms with E-state index in [-0.39, 0.29) is 11.7 Å². The molecule has 0 aliphatic rings. The van der Waals surface area contributed by atoms with E-state index in [9.17, 15) is 9.59 Å². The first-order chi connectivity index (χ1) is 7.06. The molecule has 0 N–H and O–H groups in total. The minimum atomic E-state index is -0.00461. The first-order valence-electron chi connectivity index (χ1n) is 5.33. The lowest BCUT2D eigenvalue weighted by molar-refractivity contribution is -0.117. The van der Waals surface area contributed by atoms with E-state index in [2.05, 4.69) is 6.08 Å². The van der Waals surface area contributed by atoms with Crippen molar-refractivity contribution in [3.05, 3.63) is 23.8 Å². The molecule has 0 aromatic carbocycles. The Hall–Kier alpha value is -1.18. The maximum absolute atomic E-state index is 10.7. The van der Waals surface area contributed by atoms with E-state index in [1.54, 1.807) is 6.92 Å². The van der Waals surface area contributed by atoms with Crippen molar-refractivity contribution >= 4 is 12.1 Å². The van der Waals surface area contributed by atoms with Crippen molar-refractivity contribution in [2.24, 2.45) is 5.92 Å². The van der Waals surface area contributed by atoms with Crippen LogP contribution < -0.4 is 0 Å². The van der Waals surface area contributed by atoms with Crippen molar-refractivity contribution in [3.8, 4) is 0 Å². The molecule has 84 valence electrons. The smallest absolute Gasteiger partial charge is 0.130 e. The summed E-state index contributed by atoms with van der Waals surface area (Å²) in [5, 5.41) is 0. The molecule has 0 fully saturated rings. The zero-order chi connectivity index (χ0) is 11.7. The van der Waals surface area contributed by atoms with E-state index >= 15 is 0 Å². The lowest BCUT2D eigenvalue weighted by Gasteiger charge is -1.97. The van der Waals surface area contributed by atoms with Crippen LogP contribution in [0, 0.1) is 5.92 Å². The van der Waals surface area contributed by atoms with Crippen molar-refractivity contribution in [3.63, 3.8) is 0 Å². The number of ketones is 1. The molecule has 15 heavy (non-hydrogen) atoms. The lowest BCUT2D eigenvalue weighted by atomic mass is 10.1. The third-order valence-electron chi connectivity index (χ3n) is 2.08. The van der Waals surface area contributed by atoms with Crippen LogP contribution in [0.25, 0.3) is 0 Å². The Kier molecular flexibility index (Phi) is 7.51. The number of Topliss-reactive ketones (excluding diaryl/α,β-unsaturated/α-hetero) is 1. The van der Waals surface area contributed by atoms with Crippen molar-refractivity contribution in [2.75, 3.05) is 0 Å². The maximum Gasteiger partial charge on any atom is 0.130 e. The number of aldehydes is 1. The number of hydrogen-bond acceptors (Lipinski definition) is 2. The van der Waals surface area contributed by atoms with Crippen LogP contribution in [0.2, 0.25) is 0 Å². The summed E-state index contributed by atoms with van der Waals surface area (Å²) in [7, 11) is 0. The summed E-state index contributed by atoms with van der Waals surface area (Å²) >= 11 is 0. The monoisotopic (exact) mass is 208 g/mol. The Morgan fingerprint density at radius 3 is 2.53 bits per heavy atom. The average molecular weight is 208 g/mol. The number of allylic oxidation sites excluding steroid dienone is 4. The minimum Gasteiger partial charge on any atom is -0.303 e. The minimum absolute atomic E-state index is 0.00461. The summed E-state index contributed by atoms with van der Waals surface area (Å²) in [6.07, 6.45) is 9.19. The van der Waals surface area contributed by atoms with Crippen LogP contribution in [-0.4, -0.2) is 12.1 Å². The number of hydrogen-bond donors (Lipinski definition) is 0. The Bertz CT molecular complexity index is 262. The Morgan fingerprint density at radius 2 is 2.00 bits per heavy atom. The second-order valence-corrected chi connectivity index (χ2v) is 3.92. The summed E-state index contributed by atoms with van der Waals surface area (Å²) in [4.78, 5) is 21.0. The molecule has 0 aliphatic carbocycles. The normalized spacial score (nSPS) is 14.2. The van der Waals surface area contributed by atoms with Crippen molar-refractivity contribution in [2.45, 2.75) is 40.0 Å². The largest absolute Gasteiger partial charge is 0.303 e. The second kappa shape index (κ2) is 8.16. The molecule has 0 radical (unpaired) electrons. The van der Waals surface area contributed by atoms with Gasteiger partial charge in [-0.3, -0.25) is 0 Å². The molecule has 0 bridgehead atoms. The Balaban J connectivity index is 3.81. The summed E-state index contributed by atoms with van der Waals surface area (Å²) in [5.41, 5.74) is 1.24. The van der Waals surface area contributed by atoms with Gasteiger partial charge in [0.25, 0.3) is 0 Å². The molecule has 0 spiro atoms. The SMILES string of the molecule is CC(=O)CCC=C(C)CC=CC(C)C=O. The van der Waals surface area contributed by atoms with Gasteiger partial charge in [0.05, 0.1) is 0 Å². The summed E-state index contributed by atoms with van der Waals surface area (Å²) in [6, 6.07) is 0. The molecule has 1 atom stereocenters. The van der Waals surface area contributed by atoms with Crippen LogP contribution in [-0.2, 0) is 9.59 Å². The van der Waals surface area contributed by atoms with Crippen LogP contribution in [0.15, 0.2) is 23.8 Å². The third kappa shape index (κ3) is 9.13. The third-order valence-corrected chi connectivity index (χ3v) is 2.08. The fraction of sp³-hybridized carbons (Fsp3) is 0.538. The van der Waals surface area contributed by atoms with Gasteiger partial charge in [-0.2, -0.15) is 0 Å². The number of rotatable bonds is 7. The zero-order valence-corrected chi connectivity index (χ0v) is 9.82. The van der Waals surface area contributed by atoms with Gasteiger partial charge < -0.3 is 9.59 Å². The predicted molar refractivity (Wildman–Crippen MR) is 62.7 cm³/mol. The van der Waals surface area contributed by atoms with Crippen LogP contribution in [0.4, 0.5) is 0 Å². The van der Waals surface area contributed by atoms with E-state index in [0.29, 0.717) is 6.42 Å². The molecule has 0 saturated carbocycles. The van der Waals surface area contributed by atoms with E-state index < -0.39 is 0 Å². The van der Waals surface area contributed by atoms with E-state index in [0.717, 1.165) is 19.1 Å². The topological polar surface area (TPSA) is 34.1 Å². The molecule has 0 rings (SSSR count). The molecule has 0 aliphatic heterocycles. The van der Waals surface area contributed by atoms with Gasteiger partial charge in [0.1, 0.15) is 12.1 Å². The summed E-state index contributed by atoms with van der Waals surface area (Å²) in [5.74, 6) is 0.221. The highest BCUT2D eigenvalue weighted by Gasteiger charge is 1.93. The highest BCUT2D eigenvalue weighted by atomic mass is 16.1. The summed E-state index contributed by atoms with van der Waals surface area (Å²) < 4.78 is 0. The van der Waals surface area contributed by atoms with Gasteiger partial charge in [-0.1, -0.05) is 30.7 Å². The van der Waals surface area contributed by atoms with Crippen LogP contribution in [0.5, 0.6) is 0 Å². The molecule has 2 heteroatoms. The van der Waals surface area contributed by atoms with Gasteiger partial charge in [0, 0.05) is 12.3 Å². The van der Waals surface area contributed by atoms with Gasteiger partial charge >= 0.3 is 0 Å². The van der Waals surface area contributed by atoms with Crippen molar-refractivity contribution < 1.29 is 9.59 Å². The maximum atomic E-state index is 10.7. The standard InChI is InChI=1S/C13H20O2/c1-11(7-5-9-13(3)15)6-4-8-12(2)10-14/h4,7-8,10,12H,5-6,9H2,1-3H3. The highest BCUT2D eigenvalue weighted by molar-refractivity contribution is 5.75. The molecular weight excluding hydrogens is 188 g/mol. The van der Waals surface area contributed by atoms with E-state index in [1.165, 1.54) is 5.57 Å². The van der Waals surface area contributed by atoms with E-state index in [1.807, 2.05) is 26.0 Å². The van der Waals surface area contributed by atoms with Gasteiger partial charge in [-0.25, -0.2) is 0 Å². The predicted octanol–water partition coefficient (Wildman–Crippen LogP) is 3.08. The highest BCUT2D eigenvalue weighted by Crippen LogP contribution is 2.05. The average Bonchev–Trinajstić information content (AvgIpc) is 2.17. The second-order valence-electron chi connectivity index (χ2n) is 3.92. The van der Waals surface area contributed by atoms with Crippen molar-refractivity contribution in [1.82, 2.24) is 0 Å². The number of carbonyl (C=O) groups is 2. The molecule has 0 aromatic heterocycles. The van der Waals surface area contributed by atoms with Gasteiger partial charge in [-0.15, -0.1) is 0 Å². The van der Waals surface area contributed by atoms with Crippen LogP contribution in [0.1, 0.15) is 40.0 Å². The molecule has 0 amide bonds. The quantitative estimate of drug-likeness (QED) is 0.476. The van der Waals surface area contributed by atoms with Gasteiger partial charge in [0.2, 0.25) is 0 Å². The summed E-state index contributed by atoms with van der Waals surface area (Å²) in [6.45, 7) is 5.50. The molecule has 1 unspecified atom stereocenters. The van der Waals surface area contributed by atoms with Gasteiger partial charge in [0.15, 0.2) is 0 Å².